The van der Waals surface area contributed by atoms with Crippen LogP contribution < -0.4 is 11.1 Å². The number of aromatic nitrogens is 1. The Labute approximate surface area is 125 Å². The van der Waals surface area contributed by atoms with Gasteiger partial charge >= 0.3 is 5.97 Å². The Morgan fingerprint density at radius 2 is 2.00 bits per heavy atom. The monoisotopic (exact) mass is 305 g/mol. The minimum Gasteiger partial charge on any atom is -0.461 e. The summed E-state index contributed by atoms with van der Waals surface area (Å²) in [6.07, 6.45) is 0. The smallest absolute Gasteiger partial charge is 0.358 e. The van der Waals surface area contributed by atoms with Crippen molar-refractivity contribution in [2.75, 3.05) is 11.9 Å². The van der Waals surface area contributed by atoms with E-state index in [1.807, 2.05) is 6.92 Å². The van der Waals surface area contributed by atoms with Crippen LogP contribution in [0.1, 0.15) is 32.6 Å². The number of carbonyl (C=O) groups excluding carboxylic acids is 2. The van der Waals surface area contributed by atoms with Crippen LogP contribution in [0.2, 0.25) is 0 Å². The van der Waals surface area contributed by atoms with Crippen molar-refractivity contribution in [1.82, 2.24) is 4.98 Å². The highest BCUT2D eigenvalue weighted by Crippen LogP contribution is 2.26. The van der Waals surface area contributed by atoms with Gasteiger partial charge in [0.25, 0.3) is 0 Å². The summed E-state index contributed by atoms with van der Waals surface area (Å²) < 4.78 is 4.94. The predicted molar refractivity (Wildman–Crippen MR) is 81.1 cm³/mol. The second kappa shape index (κ2) is 6.36. The highest BCUT2D eigenvalue weighted by Gasteiger charge is 2.16. The molecule has 0 bridgehead atoms. The molecule has 0 aliphatic carbocycles. The number of hydrogen-bond acceptors (Lipinski definition) is 6. The highest BCUT2D eigenvalue weighted by atomic mass is 32.1. The van der Waals surface area contributed by atoms with Gasteiger partial charge < -0.3 is 15.8 Å². The number of nitrogens with one attached hydrogen (secondary N) is 1. The van der Waals surface area contributed by atoms with E-state index in [1.54, 1.807) is 31.2 Å². The van der Waals surface area contributed by atoms with E-state index >= 15 is 0 Å². The molecule has 0 aliphatic heterocycles. The van der Waals surface area contributed by atoms with Crippen molar-refractivity contribution >= 4 is 34.0 Å². The van der Waals surface area contributed by atoms with Crippen LogP contribution in [0, 0.1) is 6.92 Å². The van der Waals surface area contributed by atoms with Crippen LogP contribution in [0.4, 0.5) is 10.8 Å². The van der Waals surface area contributed by atoms with E-state index in [-0.39, 0.29) is 0 Å². The number of carbonyl (C=O) groups is 2. The standard InChI is InChI=1S/C14H15N3O3S/c1-3-20-13(19)11-8(2)21-14(17-11)16-10-6-4-9(5-7-10)12(15)18/h4-7H,3H2,1-2H3,(H2,15,18)(H,16,17). The fourth-order valence-electron chi connectivity index (χ4n) is 1.68. The number of nitrogens with zero attached hydrogens (tertiary/aromatic N) is 1. The quantitative estimate of drug-likeness (QED) is 0.828. The van der Waals surface area contributed by atoms with Gasteiger partial charge in [0.2, 0.25) is 5.91 Å². The van der Waals surface area contributed by atoms with Gasteiger partial charge in [0.15, 0.2) is 10.8 Å². The number of amides is 1. The Bertz CT molecular complexity index is 665. The normalized spacial score (nSPS) is 10.2. The van der Waals surface area contributed by atoms with Gasteiger partial charge in [0.1, 0.15) is 0 Å². The van der Waals surface area contributed by atoms with Gasteiger partial charge in [-0.3, -0.25) is 4.79 Å². The summed E-state index contributed by atoms with van der Waals surface area (Å²) in [5, 5.41) is 3.66. The van der Waals surface area contributed by atoms with E-state index in [1.165, 1.54) is 11.3 Å². The van der Waals surface area contributed by atoms with Crippen molar-refractivity contribution in [2.45, 2.75) is 13.8 Å². The molecule has 0 aliphatic rings. The molecule has 3 N–H and O–H groups in total. The summed E-state index contributed by atoms with van der Waals surface area (Å²) in [6, 6.07) is 6.69. The molecular formula is C14H15N3O3S. The lowest BCUT2D eigenvalue weighted by Gasteiger charge is -2.03. The molecule has 1 heterocycles. The number of benzene rings is 1. The molecule has 0 atom stereocenters. The van der Waals surface area contributed by atoms with Gasteiger partial charge in [-0.2, -0.15) is 0 Å². The van der Waals surface area contributed by atoms with Crippen molar-refractivity contribution in [3.05, 3.63) is 40.4 Å². The van der Waals surface area contributed by atoms with Crippen molar-refractivity contribution < 1.29 is 14.3 Å². The molecular weight excluding hydrogens is 290 g/mol. The van der Waals surface area contributed by atoms with E-state index in [9.17, 15) is 9.59 Å². The number of thiazole rings is 1. The first-order valence-electron chi connectivity index (χ1n) is 6.32. The molecule has 7 heteroatoms. The maximum atomic E-state index is 11.7. The summed E-state index contributed by atoms with van der Waals surface area (Å²) in [4.78, 5) is 27.7. The fraction of sp³-hybridized carbons (Fsp3) is 0.214. The Morgan fingerprint density at radius 1 is 1.33 bits per heavy atom. The fourth-order valence-corrected chi connectivity index (χ4v) is 2.50. The molecule has 110 valence electrons. The van der Waals surface area contributed by atoms with Gasteiger partial charge in [-0.1, -0.05) is 0 Å². The van der Waals surface area contributed by atoms with E-state index in [0.29, 0.717) is 23.0 Å². The topological polar surface area (TPSA) is 94.3 Å². The van der Waals surface area contributed by atoms with Gasteiger partial charge in [0, 0.05) is 16.1 Å². The SMILES string of the molecule is CCOC(=O)c1nc(Nc2ccc(C(N)=O)cc2)sc1C. The maximum absolute atomic E-state index is 11.7. The van der Waals surface area contributed by atoms with Gasteiger partial charge in [-0.05, 0) is 38.1 Å². The van der Waals surface area contributed by atoms with Crippen molar-refractivity contribution in [1.29, 1.82) is 0 Å². The number of primary amides is 1. The average molecular weight is 305 g/mol. The van der Waals surface area contributed by atoms with Crippen LogP contribution in [0.25, 0.3) is 0 Å². The first kappa shape index (κ1) is 15.0. The van der Waals surface area contributed by atoms with Crippen LogP contribution in [0.15, 0.2) is 24.3 Å². The summed E-state index contributed by atoms with van der Waals surface area (Å²) >= 11 is 1.36. The molecule has 0 unspecified atom stereocenters. The molecule has 1 aromatic carbocycles. The number of anilines is 2. The van der Waals surface area contributed by atoms with E-state index < -0.39 is 11.9 Å². The Balaban J connectivity index is 2.14. The minimum atomic E-state index is -0.476. The zero-order valence-corrected chi connectivity index (χ0v) is 12.5. The van der Waals surface area contributed by atoms with E-state index in [4.69, 9.17) is 10.5 Å². The lowest BCUT2D eigenvalue weighted by Crippen LogP contribution is -2.10. The second-order valence-electron chi connectivity index (χ2n) is 4.21. The molecule has 6 nitrogen and oxygen atoms in total. The molecule has 0 saturated heterocycles. The molecule has 0 saturated carbocycles. The molecule has 1 aromatic heterocycles. The summed E-state index contributed by atoms with van der Waals surface area (Å²) in [5.41, 5.74) is 6.69. The van der Waals surface area contributed by atoms with Crippen LogP contribution in [-0.2, 0) is 4.74 Å². The predicted octanol–water partition coefficient (Wildman–Crippen LogP) is 2.47. The van der Waals surface area contributed by atoms with Crippen LogP contribution in [-0.4, -0.2) is 23.5 Å². The molecule has 0 radical (unpaired) electrons. The van der Waals surface area contributed by atoms with Crippen LogP contribution >= 0.6 is 11.3 Å². The number of ether oxygens (including phenoxy) is 1. The average Bonchev–Trinajstić information content (AvgIpc) is 2.80. The second-order valence-corrected chi connectivity index (χ2v) is 5.41. The molecule has 1 amide bonds. The summed E-state index contributed by atoms with van der Waals surface area (Å²) in [5.74, 6) is -0.903. The third-order valence-electron chi connectivity index (χ3n) is 2.69. The molecule has 0 spiro atoms. The van der Waals surface area contributed by atoms with Gasteiger partial charge in [0.05, 0.1) is 6.61 Å². The molecule has 2 rings (SSSR count). The van der Waals surface area contributed by atoms with E-state index in [2.05, 4.69) is 10.3 Å². The zero-order chi connectivity index (χ0) is 15.4. The first-order chi connectivity index (χ1) is 10.0. The lowest BCUT2D eigenvalue weighted by atomic mass is 10.2. The van der Waals surface area contributed by atoms with Gasteiger partial charge in [-0.25, -0.2) is 9.78 Å². The highest BCUT2D eigenvalue weighted by molar-refractivity contribution is 7.15. The molecule has 21 heavy (non-hydrogen) atoms. The molecule has 2 aromatic rings. The third kappa shape index (κ3) is 3.57. The maximum Gasteiger partial charge on any atom is 0.358 e. The number of esters is 1. The Morgan fingerprint density at radius 3 is 2.57 bits per heavy atom. The number of aryl methyl sites for hydroxylation is 1. The van der Waals surface area contributed by atoms with Gasteiger partial charge in [-0.15, -0.1) is 11.3 Å². The zero-order valence-electron chi connectivity index (χ0n) is 11.7. The third-order valence-corrected chi connectivity index (χ3v) is 3.57. The number of rotatable bonds is 5. The number of hydrogen-bond donors (Lipinski definition) is 2. The van der Waals surface area contributed by atoms with Crippen LogP contribution in [0.5, 0.6) is 0 Å². The van der Waals surface area contributed by atoms with Crippen molar-refractivity contribution in [2.24, 2.45) is 5.73 Å². The van der Waals surface area contributed by atoms with E-state index in [0.717, 1.165) is 10.6 Å². The van der Waals surface area contributed by atoms with Crippen molar-refractivity contribution in [3.8, 4) is 0 Å². The summed E-state index contributed by atoms with van der Waals surface area (Å²) in [6.45, 7) is 3.87. The largest absolute Gasteiger partial charge is 0.461 e. The first-order valence-corrected chi connectivity index (χ1v) is 7.14. The summed E-state index contributed by atoms with van der Waals surface area (Å²) in [7, 11) is 0. The van der Waals surface area contributed by atoms with Crippen molar-refractivity contribution in [3.63, 3.8) is 0 Å². The number of nitrogens with two attached hydrogens (primary N) is 1. The van der Waals surface area contributed by atoms with Crippen LogP contribution in [0.3, 0.4) is 0 Å². The molecule has 0 fully saturated rings. The minimum absolute atomic E-state index is 0.313. The Kier molecular flexibility index (Phi) is 4.54. The Hall–Kier alpha value is -2.41. The lowest BCUT2D eigenvalue weighted by molar-refractivity contribution is 0.0519.